The van der Waals surface area contributed by atoms with Crippen LogP contribution in [0.15, 0.2) is 17.6 Å². The highest BCUT2D eigenvalue weighted by molar-refractivity contribution is 5.32. The number of carbonyl (C=O) groups excluding carboxylic acids is 1. The summed E-state index contributed by atoms with van der Waals surface area (Å²) in [6.45, 7) is 0.988. The van der Waals surface area contributed by atoms with E-state index in [1.54, 1.807) is 11.0 Å². The number of hydrogen-bond acceptors (Lipinski definition) is 4. The number of rotatable bonds is 3. The first-order valence-corrected chi connectivity index (χ1v) is 2.79. The van der Waals surface area contributed by atoms with Gasteiger partial charge in [0, 0.05) is 0 Å². The van der Waals surface area contributed by atoms with Crippen molar-refractivity contribution < 1.29 is 4.79 Å². The van der Waals surface area contributed by atoms with Crippen molar-refractivity contribution in [2.45, 2.75) is 6.54 Å². The molecule has 1 aromatic heterocycles. The highest BCUT2D eigenvalue weighted by atomic mass is 16.1. The Labute approximate surface area is 57.4 Å². The average Bonchev–Trinajstić information content (AvgIpc) is 2.41. The monoisotopic (exact) mass is 138 g/mol. The van der Waals surface area contributed by atoms with Gasteiger partial charge in [0.15, 0.2) is 0 Å². The van der Waals surface area contributed by atoms with Gasteiger partial charge in [0.05, 0.1) is 13.1 Å². The Morgan fingerprint density at radius 1 is 1.70 bits per heavy atom. The molecule has 1 heterocycles. The summed E-state index contributed by atoms with van der Waals surface area (Å²) in [4.78, 5) is 16.7. The topological polar surface area (TPSA) is 60.1 Å². The third kappa shape index (κ3) is 1.80. The number of hydrogen-bond donors (Lipinski definition) is 0. The number of nitrogens with zero attached hydrogens (tertiary/aromatic N) is 4. The van der Waals surface area contributed by atoms with Gasteiger partial charge in [0.25, 0.3) is 0 Å². The fourth-order valence-corrected chi connectivity index (χ4v) is 0.546. The van der Waals surface area contributed by atoms with Crippen LogP contribution in [0, 0.1) is 0 Å². The zero-order chi connectivity index (χ0) is 7.23. The molecule has 0 aliphatic rings. The zero-order valence-electron chi connectivity index (χ0n) is 5.27. The summed E-state index contributed by atoms with van der Waals surface area (Å²) in [6, 6.07) is 0. The van der Waals surface area contributed by atoms with Crippen molar-refractivity contribution in [2.75, 3.05) is 6.54 Å². The van der Waals surface area contributed by atoms with E-state index < -0.39 is 0 Å². The molecule has 0 saturated heterocycles. The van der Waals surface area contributed by atoms with Gasteiger partial charge in [-0.3, -0.25) is 4.68 Å². The van der Waals surface area contributed by atoms with Gasteiger partial charge in [0.2, 0.25) is 6.08 Å². The van der Waals surface area contributed by atoms with Crippen LogP contribution in [0.25, 0.3) is 0 Å². The van der Waals surface area contributed by atoms with E-state index in [2.05, 4.69) is 15.1 Å². The first-order chi connectivity index (χ1) is 4.93. The van der Waals surface area contributed by atoms with Crippen molar-refractivity contribution in [3.8, 4) is 0 Å². The summed E-state index contributed by atoms with van der Waals surface area (Å²) in [5.41, 5.74) is 0. The molecule has 0 amide bonds. The Bertz CT molecular complexity index is 224. The number of isocyanates is 1. The van der Waals surface area contributed by atoms with Gasteiger partial charge in [-0.05, 0) is 0 Å². The van der Waals surface area contributed by atoms with Crippen LogP contribution in [0.5, 0.6) is 0 Å². The Kier molecular flexibility index (Phi) is 2.34. The molecule has 1 aromatic rings. The van der Waals surface area contributed by atoms with Gasteiger partial charge in [-0.1, -0.05) is 0 Å². The lowest BCUT2D eigenvalue weighted by molar-refractivity contribution is 0.558. The van der Waals surface area contributed by atoms with Crippen LogP contribution >= 0.6 is 0 Å². The van der Waals surface area contributed by atoms with Crippen LogP contribution in [-0.2, 0) is 11.3 Å². The Morgan fingerprint density at radius 3 is 3.20 bits per heavy atom. The predicted octanol–water partition coefficient (Wildman–Crippen LogP) is -0.386. The molecular formula is C5H6N4O. The van der Waals surface area contributed by atoms with E-state index in [0.29, 0.717) is 13.1 Å². The molecule has 0 saturated carbocycles. The number of aliphatic imine (C=N–C) groups is 1. The van der Waals surface area contributed by atoms with E-state index in [0.717, 1.165) is 0 Å². The quantitative estimate of drug-likeness (QED) is 0.422. The highest BCUT2D eigenvalue weighted by Gasteiger charge is 1.86. The number of aromatic nitrogens is 3. The van der Waals surface area contributed by atoms with Crippen LogP contribution in [0.4, 0.5) is 0 Å². The summed E-state index contributed by atoms with van der Waals surface area (Å²) in [6.07, 6.45) is 4.45. The molecular weight excluding hydrogens is 132 g/mol. The van der Waals surface area contributed by atoms with E-state index >= 15 is 0 Å². The molecule has 5 nitrogen and oxygen atoms in total. The maximum Gasteiger partial charge on any atom is 0.235 e. The molecule has 0 spiro atoms. The summed E-state index contributed by atoms with van der Waals surface area (Å²) in [5.74, 6) is 0. The minimum Gasteiger partial charge on any atom is -0.251 e. The van der Waals surface area contributed by atoms with Crippen molar-refractivity contribution >= 4 is 6.08 Å². The summed E-state index contributed by atoms with van der Waals surface area (Å²) in [7, 11) is 0. The molecule has 52 valence electrons. The van der Waals surface area contributed by atoms with E-state index in [4.69, 9.17) is 0 Å². The molecule has 0 fully saturated rings. The van der Waals surface area contributed by atoms with Gasteiger partial charge in [-0.15, -0.1) is 0 Å². The van der Waals surface area contributed by atoms with E-state index in [1.165, 1.54) is 12.4 Å². The maximum atomic E-state index is 9.60. The fraction of sp³-hybridized carbons (Fsp3) is 0.400. The third-order valence-corrected chi connectivity index (χ3v) is 0.972. The van der Waals surface area contributed by atoms with Crippen molar-refractivity contribution in [2.24, 2.45) is 4.99 Å². The minimum absolute atomic E-state index is 0.410. The second-order valence-corrected chi connectivity index (χ2v) is 1.63. The minimum atomic E-state index is 0.410. The normalized spacial score (nSPS) is 8.80. The van der Waals surface area contributed by atoms with Gasteiger partial charge in [-0.2, -0.15) is 5.10 Å². The summed E-state index contributed by atoms with van der Waals surface area (Å²) < 4.78 is 1.60. The predicted molar refractivity (Wildman–Crippen MR) is 33.0 cm³/mol. The largest absolute Gasteiger partial charge is 0.251 e. The van der Waals surface area contributed by atoms with E-state index in [9.17, 15) is 4.79 Å². The molecule has 0 bridgehead atoms. The standard InChI is InChI=1S/C5H6N4O/c10-5-6-1-2-9-4-7-3-8-9/h3-4H,1-2H2. The zero-order valence-corrected chi connectivity index (χ0v) is 5.27. The van der Waals surface area contributed by atoms with Crippen molar-refractivity contribution in [3.05, 3.63) is 12.7 Å². The van der Waals surface area contributed by atoms with Gasteiger partial charge < -0.3 is 0 Å². The van der Waals surface area contributed by atoms with Crippen LogP contribution in [0.3, 0.4) is 0 Å². The van der Waals surface area contributed by atoms with Crippen LogP contribution < -0.4 is 0 Å². The first-order valence-electron chi connectivity index (χ1n) is 2.79. The highest BCUT2D eigenvalue weighted by Crippen LogP contribution is 1.79. The Balaban J connectivity index is 2.34. The van der Waals surface area contributed by atoms with Crippen molar-refractivity contribution in [1.29, 1.82) is 0 Å². The lowest BCUT2D eigenvalue weighted by Gasteiger charge is -1.91. The molecule has 0 N–H and O–H groups in total. The van der Waals surface area contributed by atoms with Crippen LogP contribution in [0.2, 0.25) is 0 Å². The molecule has 0 atom stereocenters. The lowest BCUT2D eigenvalue weighted by atomic mass is 10.6. The van der Waals surface area contributed by atoms with Gasteiger partial charge in [0.1, 0.15) is 12.7 Å². The van der Waals surface area contributed by atoms with Gasteiger partial charge in [-0.25, -0.2) is 14.8 Å². The summed E-state index contributed by atoms with van der Waals surface area (Å²) >= 11 is 0. The van der Waals surface area contributed by atoms with E-state index in [-0.39, 0.29) is 0 Å². The SMILES string of the molecule is O=C=NCCn1cncn1. The lowest BCUT2D eigenvalue weighted by Crippen LogP contribution is -2.00. The van der Waals surface area contributed by atoms with Crippen molar-refractivity contribution in [1.82, 2.24) is 14.8 Å². The van der Waals surface area contributed by atoms with Crippen molar-refractivity contribution in [3.63, 3.8) is 0 Å². The molecule has 0 unspecified atom stereocenters. The molecule has 5 heteroatoms. The first kappa shape index (κ1) is 6.64. The fourth-order valence-electron chi connectivity index (χ4n) is 0.546. The summed E-state index contributed by atoms with van der Waals surface area (Å²) in [5, 5.41) is 3.80. The molecule has 0 aliphatic heterocycles. The smallest absolute Gasteiger partial charge is 0.235 e. The molecule has 0 aliphatic carbocycles. The molecule has 1 rings (SSSR count). The van der Waals surface area contributed by atoms with Crippen LogP contribution in [-0.4, -0.2) is 27.4 Å². The maximum absolute atomic E-state index is 9.60. The second-order valence-electron chi connectivity index (χ2n) is 1.63. The molecule has 0 radical (unpaired) electrons. The van der Waals surface area contributed by atoms with Gasteiger partial charge >= 0.3 is 0 Å². The van der Waals surface area contributed by atoms with E-state index in [1.807, 2.05) is 0 Å². The Morgan fingerprint density at radius 2 is 2.60 bits per heavy atom. The van der Waals surface area contributed by atoms with Crippen LogP contribution in [0.1, 0.15) is 0 Å². The Hall–Kier alpha value is -1.48. The molecule has 10 heavy (non-hydrogen) atoms. The third-order valence-electron chi connectivity index (χ3n) is 0.972. The molecule has 0 aromatic carbocycles. The average molecular weight is 138 g/mol. The second kappa shape index (κ2) is 3.53.